The average Bonchev–Trinajstić information content (AvgIpc) is 2.42. The van der Waals surface area contributed by atoms with Crippen molar-refractivity contribution in [3.8, 4) is 0 Å². The highest BCUT2D eigenvalue weighted by molar-refractivity contribution is 5.80. The summed E-state index contributed by atoms with van der Waals surface area (Å²) in [6.45, 7) is 10.3. The van der Waals surface area contributed by atoms with E-state index in [4.69, 9.17) is 4.74 Å². The van der Waals surface area contributed by atoms with Gasteiger partial charge in [0.25, 0.3) is 0 Å². The summed E-state index contributed by atoms with van der Waals surface area (Å²) in [4.78, 5) is 14.5. The third-order valence-electron chi connectivity index (χ3n) is 4.52. The van der Waals surface area contributed by atoms with Crippen LogP contribution in [0.15, 0.2) is 0 Å². The number of hydrogen-bond donors (Lipinski definition) is 1. The molecule has 1 fully saturated rings. The smallest absolute Gasteiger partial charge is 0.325 e. The van der Waals surface area contributed by atoms with Gasteiger partial charge >= 0.3 is 5.97 Å². The average molecular weight is 284 g/mol. The lowest BCUT2D eigenvalue weighted by Crippen LogP contribution is -2.52. The van der Waals surface area contributed by atoms with Gasteiger partial charge in [-0.2, -0.15) is 0 Å². The minimum Gasteiger partial charge on any atom is -0.468 e. The summed E-state index contributed by atoms with van der Waals surface area (Å²) in [6, 6.07) is 0. The molecule has 1 atom stereocenters. The van der Waals surface area contributed by atoms with Gasteiger partial charge in [-0.05, 0) is 51.6 Å². The van der Waals surface area contributed by atoms with Gasteiger partial charge in [0, 0.05) is 13.1 Å². The second-order valence-corrected chi connectivity index (χ2v) is 6.19. The number of nitrogens with zero attached hydrogens (tertiary/aromatic N) is 1. The van der Waals surface area contributed by atoms with Crippen LogP contribution in [0, 0.1) is 5.92 Å². The molecule has 0 heterocycles. The van der Waals surface area contributed by atoms with Crippen LogP contribution in [0.4, 0.5) is 0 Å². The lowest BCUT2D eigenvalue weighted by molar-refractivity contribution is -0.148. The second-order valence-electron chi connectivity index (χ2n) is 6.19. The Morgan fingerprint density at radius 1 is 1.40 bits per heavy atom. The van der Waals surface area contributed by atoms with Gasteiger partial charge in [0.05, 0.1) is 7.11 Å². The molecule has 0 aromatic carbocycles. The SMILES string of the molecule is CCCNC(C)(CCN(CC)CC1CCC1)C(=O)OC. The minimum atomic E-state index is -0.558. The van der Waals surface area contributed by atoms with Crippen molar-refractivity contribution in [2.75, 3.05) is 33.3 Å². The van der Waals surface area contributed by atoms with Gasteiger partial charge in [-0.3, -0.25) is 4.79 Å². The third-order valence-corrected chi connectivity index (χ3v) is 4.52. The lowest BCUT2D eigenvalue weighted by Gasteiger charge is -2.34. The van der Waals surface area contributed by atoms with Crippen LogP contribution < -0.4 is 5.32 Å². The summed E-state index contributed by atoms with van der Waals surface area (Å²) in [5.74, 6) is 0.730. The zero-order chi connectivity index (χ0) is 15.0. The molecule has 4 heteroatoms. The van der Waals surface area contributed by atoms with E-state index in [1.54, 1.807) is 0 Å². The minimum absolute atomic E-state index is 0.148. The standard InChI is InChI=1S/C16H32N2O2/c1-5-11-17-16(3,15(19)20-4)10-12-18(6-2)13-14-8-7-9-14/h14,17H,5-13H2,1-4H3. The summed E-state index contributed by atoms with van der Waals surface area (Å²) < 4.78 is 4.97. The van der Waals surface area contributed by atoms with Gasteiger partial charge in [0.1, 0.15) is 5.54 Å². The van der Waals surface area contributed by atoms with Crippen molar-refractivity contribution in [3.63, 3.8) is 0 Å². The first kappa shape index (κ1) is 17.4. The molecule has 1 unspecified atom stereocenters. The highest BCUT2D eigenvalue weighted by atomic mass is 16.5. The van der Waals surface area contributed by atoms with Crippen LogP contribution in [0.2, 0.25) is 0 Å². The van der Waals surface area contributed by atoms with Crippen LogP contribution >= 0.6 is 0 Å². The van der Waals surface area contributed by atoms with Crippen molar-refractivity contribution in [2.45, 2.75) is 58.4 Å². The normalized spacial score (nSPS) is 18.6. The highest BCUT2D eigenvalue weighted by Crippen LogP contribution is 2.27. The summed E-state index contributed by atoms with van der Waals surface area (Å²) in [5.41, 5.74) is -0.558. The molecular formula is C16H32N2O2. The molecule has 0 aliphatic heterocycles. The Morgan fingerprint density at radius 2 is 2.10 bits per heavy atom. The zero-order valence-corrected chi connectivity index (χ0v) is 13.7. The van der Waals surface area contributed by atoms with Crippen LogP contribution in [-0.4, -0.2) is 49.7 Å². The number of methoxy groups -OCH3 is 1. The molecule has 1 aliphatic carbocycles. The molecule has 1 rings (SSSR count). The van der Waals surface area contributed by atoms with E-state index in [1.165, 1.54) is 32.9 Å². The van der Waals surface area contributed by atoms with Crippen LogP contribution in [-0.2, 0) is 9.53 Å². The Kier molecular flexibility index (Phi) is 7.52. The first-order chi connectivity index (χ1) is 9.55. The fourth-order valence-electron chi connectivity index (χ4n) is 2.69. The summed E-state index contributed by atoms with van der Waals surface area (Å²) >= 11 is 0. The number of carbonyl (C=O) groups excluding carboxylic acids is 1. The number of esters is 1. The fraction of sp³-hybridized carbons (Fsp3) is 0.938. The molecule has 1 aliphatic rings. The van der Waals surface area contributed by atoms with E-state index in [2.05, 4.69) is 24.1 Å². The maximum absolute atomic E-state index is 12.0. The number of nitrogens with one attached hydrogen (secondary N) is 1. The maximum atomic E-state index is 12.0. The van der Waals surface area contributed by atoms with Crippen LogP contribution in [0.3, 0.4) is 0 Å². The van der Waals surface area contributed by atoms with E-state index in [1.807, 2.05) is 6.92 Å². The molecule has 0 radical (unpaired) electrons. The van der Waals surface area contributed by atoms with Gasteiger partial charge in [-0.15, -0.1) is 0 Å². The van der Waals surface area contributed by atoms with Crippen molar-refractivity contribution in [3.05, 3.63) is 0 Å². The number of ether oxygens (including phenoxy) is 1. The molecule has 0 spiro atoms. The van der Waals surface area contributed by atoms with E-state index in [-0.39, 0.29) is 5.97 Å². The van der Waals surface area contributed by atoms with Crippen LogP contribution in [0.1, 0.15) is 52.9 Å². The predicted molar refractivity (Wildman–Crippen MR) is 82.8 cm³/mol. The first-order valence-corrected chi connectivity index (χ1v) is 8.11. The fourth-order valence-corrected chi connectivity index (χ4v) is 2.69. The molecular weight excluding hydrogens is 252 g/mol. The van der Waals surface area contributed by atoms with Gasteiger partial charge < -0.3 is 15.0 Å². The van der Waals surface area contributed by atoms with E-state index in [0.717, 1.165) is 38.4 Å². The third kappa shape index (κ3) is 5.06. The summed E-state index contributed by atoms with van der Waals surface area (Å²) in [7, 11) is 1.47. The van der Waals surface area contributed by atoms with Crippen molar-refractivity contribution < 1.29 is 9.53 Å². The molecule has 0 aromatic rings. The lowest BCUT2D eigenvalue weighted by atomic mass is 9.85. The van der Waals surface area contributed by atoms with E-state index < -0.39 is 5.54 Å². The Labute approximate surface area is 124 Å². The first-order valence-electron chi connectivity index (χ1n) is 8.11. The zero-order valence-electron chi connectivity index (χ0n) is 13.7. The Hall–Kier alpha value is -0.610. The molecule has 1 N–H and O–H groups in total. The Morgan fingerprint density at radius 3 is 2.55 bits per heavy atom. The number of rotatable bonds is 10. The second kappa shape index (κ2) is 8.63. The Bertz CT molecular complexity index is 292. The number of carbonyl (C=O) groups is 1. The quantitative estimate of drug-likeness (QED) is 0.626. The van der Waals surface area contributed by atoms with E-state index in [9.17, 15) is 4.79 Å². The summed E-state index contributed by atoms with van der Waals surface area (Å²) in [5, 5.41) is 3.36. The van der Waals surface area contributed by atoms with Crippen molar-refractivity contribution in [1.82, 2.24) is 10.2 Å². The molecule has 4 nitrogen and oxygen atoms in total. The monoisotopic (exact) mass is 284 g/mol. The van der Waals surface area contributed by atoms with Gasteiger partial charge in [0.2, 0.25) is 0 Å². The molecule has 20 heavy (non-hydrogen) atoms. The van der Waals surface area contributed by atoms with Crippen LogP contribution in [0.5, 0.6) is 0 Å². The van der Waals surface area contributed by atoms with Crippen LogP contribution in [0.25, 0.3) is 0 Å². The molecule has 0 amide bonds. The summed E-state index contributed by atoms with van der Waals surface area (Å²) in [6.07, 6.45) is 5.96. The van der Waals surface area contributed by atoms with E-state index in [0.29, 0.717) is 0 Å². The Balaban J connectivity index is 2.47. The highest BCUT2D eigenvalue weighted by Gasteiger charge is 2.34. The molecule has 0 bridgehead atoms. The van der Waals surface area contributed by atoms with E-state index >= 15 is 0 Å². The van der Waals surface area contributed by atoms with Crippen molar-refractivity contribution in [1.29, 1.82) is 0 Å². The molecule has 1 saturated carbocycles. The van der Waals surface area contributed by atoms with Crippen molar-refractivity contribution >= 4 is 5.97 Å². The molecule has 118 valence electrons. The van der Waals surface area contributed by atoms with Gasteiger partial charge in [-0.1, -0.05) is 20.3 Å². The largest absolute Gasteiger partial charge is 0.468 e. The predicted octanol–water partition coefficient (Wildman–Crippen LogP) is 2.43. The topological polar surface area (TPSA) is 41.6 Å². The number of hydrogen-bond acceptors (Lipinski definition) is 4. The molecule has 0 aromatic heterocycles. The van der Waals surface area contributed by atoms with Gasteiger partial charge in [0.15, 0.2) is 0 Å². The van der Waals surface area contributed by atoms with Crippen molar-refractivity contribution in [2.24, 2.45) is 5.92 Å². The van der Waals surface area contributed by atoms with Gasteiger partial charge in [-0.25, -0.2) is 0 Å². The molecule has 0 saturated heterocycles. The maximum Gasteiger partial charge on any atom is 0.325 e.